The third-order valence-electron chi connectivity index (χ3n) is 4.55. The number of aliphatic imine (C=N–C) groups is 1. The summed E-state index contributed by atoms with van der Waals surface area (Å²) in [7, 11) is 3.49. The molecule has 0 amide bonds. The van der Waals surface area contributed by atoms with Crippen LogP contribution in [0.2, 0.25) is 5.02 Å². The smallest absolute Gasteiger partial charge is 0.191 e. The zero-order valence-electron chi connectivity index (χ0n) is 13.8. The summed E-state index contributed by atoms with van der Waals surface area (Å²) in [5, 5.41) is 6.77. The Morgan fingerprint density at radius 2 is 2.17 bits per heavy atom. The van der Waals surface area contributed by atoms with Gasteiger partial charge in [0.2, 0.25) is 0 Å². The molecule has 0 saturated heterocycles. The molecule has 0 aliphatic heterocycles. The molecular formula is C17H25ClFN3O. The molecule has 1 saturated carbocycles. The first-order chi connectivity index (χ1) is 11.1. The van der Waals surface area contributed by atoms with Crippen LogP contribution >= 0.6 is 11.6 Å². The number of rotatable bonds is 7. The van der Waals surface area contributed by atoms with E-state index >= 15 is 0 Å². The number of nitrogens with zero attached hydrogens (tertiary/aromatic N) is 1. The second kappa shape index (κ2) is 8.50. The van der Waals surface area contributed by atoms with Crippen LogP contribution in [0.3, 0.4) is 0 Å². The summed E-state index contributed by atoms with van der Waals surface area (Å²) >= 11 is 5.80. The standard InChI is InChI=1S/C17H25ClFN3O/c1-20-16(21-11-13-4-5-15(19)14(18)10-13)22-12-17(6-3-7-17)8-9-23-2/h4-5,10H,3,6-9,11-12H2,1-2H3,(H2,20,21,22). The van der Waals surface area contributed by atoms with Gasteiger partial charge in [-0.15, -0.1) is 0 Å². The van der Waals surface area contributed by atoms with Crippen molar-refractivity contribution in [1.29, 1.82) is 0 Å². The topological polar surface area (TPSA) is 45.7 Å². The number of halogens is 2. The molecule has 0 aromatic heterocycles. The lowest BCUT2D eigenvalue weighted by Gasteiger charge is -2.42. The maximum absolute atomic E-state index is 13.2. The molecule has 1 aromatic rings. The van der Waals surface area contributed by atoms with E-state index in [0.29, 0.717) is 12.0 Å². The van der Waals surface area contributed by atoms with Crippen molar-refractivity contribution in [1.82, 2.24) is 10.6 Å². The van der Waals surface area contributed by atoms with E-state index in [9.17, 15) is 4.39 Å². The lowest BCUT2D eigenvalue weighted by atomic mass is 9.67. The first kappa shape index (κ1) is 18.0. The predicted octanol–water partition coefficient (Wildman–Crippen LogP) is 3.35. The number of ether oxygens (including phenoxy) is 1. The number of benzene rings is 1. The zero-order valence-corrected chi connectivity index (χ0v) is 14.5. The van der Waals surface area contributed by atoms with E-state index in [1.54, 1.807) is 26.3 Å². The van der Waals surface area contributed by atoms with Gasteiger partial charge in [-0.1, -0.05) is 24.1 Å². The Kier molecular flexibility index (Phi) is 6.66. The highest BCUT2D eigenvalue weighted by molar-refractivity contribution is 6.30. The van der Waals surface area contributed by atoms with Gasteiger partial charge in [0.1, 0.15) is 5.82 Å². The number of hydrogen-bond acceptors (Lipinski definition) is 2. The number of guanidine groups is 1. The fourth-order valence-corrected chi connectivity index (χ4v) is 3.04. The van der Waals surface area contributed by atoms with Gasteiger partial charge >= 0.3 is 0 Å². The van der Waals surface area contributed by atoms with Gasteiger partial charge in [0.25, 0.3) is 0 Å². The third kappa shape index (κ3) is 5.08. The van der Waals surface area contributed by atoms with Gasteiger partial charge in [0.15, 0.2) is 5.96 Å². The van der Waals surface area contributed by atoms with E-state index in [0.717, 1.165) is 31.1 Å². The Hall–Kier alpha value is -1.33. The van der Waals surface area contributed by atoms with E-state index < -0.39 is 5.82 Å². The summed E-state index contributed by atoms with van der Waals surface area (Å²) in [5.74, 6) is 0.345. The summed E-state index contributed by atoms with van der Waals surface area (Å²) in [5.41, 5.74) is 1.24. The Balaban J connectivity index is 1.82. The Bertz CT molecular complexity index is 547. The van der Waals surface area contributed by atoms with E-state index in [1.807, 2.05) is 0 Å². The number of hydrogen-bond donors (Lipinski definition) is 2. The molecule has 1 aromatic carbocycles. The molecule has 2 rings (SSSR count). The van der Waals surface area contributed by atoms with Crippen LogP contribution in [0.5, 0.6) is 0 Å². The van der Waals surface area contributed by atoms with Crippen LogP contribution < -0.4 is 10.6 Å². The number of nitrogens with one attached hydrogen (secondary N) is 2. The van der Waals surface area contributed by atoms with Crippen molar-refractivity contribution >= 4 is 17.6 Å². The maximum atomic E-state index is 13.2. The van der Waals surface area contributed by atoms with Crippen LogP contribution in [0, 0.1) is 11.2 Å². The first-order valence-corrected chi connectivity index (χ1v) is 8.34. The molecule has 1 fully saturated rings. The Morgan fingerprint density at radius 3 is 2.74 bits per heavy atom. The Morgan fingerprint density at radius 1 is 1.39 bits per heavy atom. The summed E-state index contributed by atoms with van der Waals surface area (Å²) in [6, 6.07) is 4.72. The fourth-order valence-electron chi connectivity index (χ4n) is 2.84. The molecular weight excluding hydrogens is 317 g/mol. The molecule has 1 aliphatic rings. The monoisotopic (exact) mass is 341 g/mol. The summed E-state index contributed by atoms with van der Waals surface area (Å²) in [6.07, 6.45) is 4.81. The van der Waals surface area contributed by atoms with Gasteiger partial charge in [-0.3, -0.25) is 4.99 Å². The van der Waals surface area contributed by atoms with E-state index in [2.05, 4.69) is 15.6 Å². The van der Waals surface area contributed by atoms with Crippen molar-refractivity contribution in [3.63, 3.8) is 0 Å². The minimum atomic E-state index is -0.400. The van der Waals surface area contributed by atoms with E-state index in [1.165, 1.54) is 25.3 Å². The zero-order chi connectivity index (χ0) is 16.7. The minimum absolute atomic E-state index is 0.139. The molecule has 0 unspecified atom stereocenters. The van der Waals surface area contributed by atoms with Crippen LogP contribution in [0.1, 0.15) is 31.2 Å². The second-order valence-electron chi connectivity index (χ2n) is 6.12. The van der Waals surface area contributed by atoms with Crippen LogP contribution in [0.4, 0.5) is 4.39 Å². The lowest BCUT2D eigenvalue weighted by Crippen LogP contribution is -2.46. The first-order valence-electron chi connectivity index (χ1n) is 7.96. The molecule has 23 heavy (non-hydrogen) atoms. The molecule has 0 heterocycles. The van der Waals surface area contributed by atoms with Gasteiger partial charge in [0.05, 0.1) is 5.02 Å². The maximum Gasteiger partial charge on any atom is 0.191 e. The van der Waals surface area contributed by atoms with Gasteiger partial charge in [-0.2, -0.15) is 0 Å². The molecule has 6 heteroatoms. The molecule has 0 radical (unpaired) electrons. The molecule has 0 bridgehead atoms. The molecule has 128 valence electrons. The van der Waals surface area contributed by atoms with Gasteiger partial charge in [-0.25, -0.2) is 4.39 Å². The van der Waals surface area contributed by atoms with Crippen molar-refractivity contribution in [3.8, 4) is 0 Å². The van der Waals surface area contributed by atoms with Crippen LogP contribution in [0.15, 0.2) is 23.2 Å². The van der Waals surface area contributed by atoms with Gasteiger partial charge in [-0.05, 0) is 42.4 Å². The minimum Gasteiger partial charge on any atom is -0.385 e. The highest BCUT2D eigenvalue weighted by Crippen LogP contribution is 2.43. The Labute approximate surface area is 142 Å². The van der Waals surface area contributed by atoms with Gasteiger partial charge in [0, 0.05) is 33.9 Å². The fraction of sp³-hybridized carbons (Fsp3) is 0.588. The third-order valence-corrected chi connectivity index (χ3v) is 4.84. The van der Waals surface area contributed by atoms with Gasteiger partial charge < -0.3 is 15.4 Å². The second-order valence-corrected chi connectivity index (χ2v) is 6.53. The highest BCUT2D eigenvalue weighted by atomic mass is 35.5. The summed E-state index contributed by atoms with van der Waals surface area (Å²) < 4.78 is 18.4. The lowest BCUT2D eigenvalue weighted by molar-refractivity contribution is 0.0732. The van der Waals surface area contributed by atoms with Crippen molar-refractivity contribution in [2.24, 2.45) is 10.4 Å². The summed E-state index contributed by atoms with van der Waals surface area (Å²) in [6.45, 7) is 2.23. The van der Waals surface area contributed by atoms with E-state index in [4.69, 9.17) is 16.3 Å². The summed E-state index contributed by atoms with van der Waals surface area (Å²) in [4.78, 5) is 4.24. The normalized spacial score (nSPS) is 16.8. The predicted molar refractivity (Wildman–Crippen MR) is 92.4 cm³/mol. The van der Waals surface area contributed by atoms with Crippen molar-refractivity contribution < 1.29 is 9.13 Å². The average molecular weight is 342 g/mol. The van der Waals surface area contributed by atoms with Crippen LogP contribution in [-0.4, -0.2) is 33.3 Å². The SMILES string of the molecule is CN=C(NCc1ccc(F)c(Cl)c1)NCC1(CCOC)CCC1. The van der Waals surface area contributed by atoms with Crippen LogP contribution in [-0.2, 0) is 11.3 Å². The largest absolute Gasteiger partial charge is 0.385 e. The molecule has 0 atom stereocenters. The quantitative estimate of drug-likeness (QED) is 0.590. The van der Waals surface area contributed by atoms with E-state index in [-0.39, 0.29) is 5.02 Å². The molecule has 0 spiro atoms. The average Bonchev–Trinajstić information content (AvgIpc) is 2.52. The van der Waals surface area contributed by atoms with Crippen LogP contribution in [0.25, 0.3) is 0 Å². The molecule has 4 nitrogen and oxygen atoms in total. The molecule has 2 N–H and O–H groups in total. The van der Waals surface area contributed by atoms with Crippen molar-refractivity contribution in [2.75, 3.05) is 27.3 Å². The molecule has 1 aliphatic carbocycles. The van der Waals surface area contributed by atoms with Crippen molar-refractivity contribution in [3.05, 3.63) is 34.6 Å². The number of methoxy groups -OCH3 is 1. The highest BCUT2D eigenvalue weighted by Gasteiger charge is 2.36. The van der Waals surface area contributed by atoms with Crippen molar-refractivity contribution in [2.45, 2.75) is 32.2 Å².